The predicted octanol–water partition coefficient (Wildman–Crippen LogP) is 27.9. The third kappa shape index (κ3) is 83.8. The van der Waals surface area contributed by atoms with Gasteiger partial charge in [-0.1, -0.05) is 439 Å². The van der Waals surface area contributed by atoms with Crippen LogP contribution in [-0.4, -0.2) is 96.7 Å². The summed E-state index contributed by atoms with van der Waals surface area (Å²) in [5.41, 5.74) is 0. The number of esters is 4. The van der Waals surface area contributed by atoms with E-state index in [1.807, 2.05) is 0 Å². The number of hydrogen-bond acceptors (Lipinski definition) is 15. The van der Waals surface area contributed by atoms with E-state index in [2.05, 4.69) is 34.6 Å². The lowest BCUT2D eigenvalue weighted by Crippen LogP contribution is -2.30. The largest absolute Gasteiger partial charge is 0.472 e. The van der Waals surface area contributed by atoms with Crippen molar-refractivity contribution in [2.24, 2.45) is 5.92 Å². The SMILES string of the molecule is CCCCCCCCCCCCCCCCCCCCCCCC(=O)O[C@H](COC(=O)CCCCCCCCCCCCCCCCCCCC)COP(=O)(O)OC[C@@H](O)COP(=O)(O)OC[C@@H](COC(=O)CCCCCCCCCCCC(C)C)OC(=O)CCCCCCCCCCCCCCCCCCCC. The van der Waals surface area contributed by atoms with Gasteiger partial charge in [0.2, 0.25) is 0 Å². The van der Waals surface area contributed by atoms with Gasteiger partial charge >= 0.3 is 39.5 Å². The molecule has 0 fully saturated rings. The Hall–Kier alpha value is -1.94. The second-order valence-electron chi connectivity index (χ2n) is 32.8. The highest BCUT2D eigenvalue weighted by Gasteiger charge is 2.31. The average molecular weight is 1590 g/mol. The zero-order valence-corrected chi connectivity index (χ0v) is 73.5. The van der Waals surface area contributed by atoms with Crippen LogP contribution >= 0.6 is 15.6 Å². The summed E-state index contributed by atoms with van der Waals surface area (Å²) >= 11 is 0. The van der Waals surface area contributed by atoms with Gasteiger partial charge in [0, 0.05) is 25.7 Å². The molecular weight excluding hydrogens is 1410 g/mol. The maximum atomic E-state index is 13.2. The van der Waals surface area contributed by atoms with Gasteiger partial charge in [0.05, 0.1) is 26.4 Å². The third-order valence-corrected chi connectivity index (χ3v) is 23.2. The number of phosphoric acid groups is 2. The molecule has 3 N–H and O–H groups in total. The number of carbonyl (C=O) groups excluding carboxylic acids is 4. The Morgan fingerprint density at radius 3 is 0.624 bits per heavy atom. The smallest absolute Gasteiger partial charge is 0.462 e. The fraction of sp³-hybridized carbons (Fsp3) is 0.956. The summed E-state index contributed by atoms with van der Waals surface area (Å²) < 4.78 is 69.1. The molecule has 0 heterocycles. The number of aliphatic hydroxyl groups excluding tert-OH is 1. The third-order valence-electron chi connectivity index (χ3n) is 21.3. The van der Waals surface area contributed by atoms with E-state index in [0.717, 1.165) is 95.8 Å². The van der Waals surface area contributed by atoms with Crippen molar-refractivity contribution in [2.75, 3.05) is 39.6 Å². The van der Waals surface area contributed by atoms with Crippen LogP contribution in [0, 0.1) is 5.92 Å². The summed E-state index contributed by atoms with van der Waals surface area (Å²) in [6.07, 6.45) is 77.9. The highest BCUT2D eigenvalue weighted by Crippen LogP contribution is 2.45. The van der Waals surface area contributed by atoms with Crippen molar-refractivity contribution < 1.29 is 80.2 Å². The lowest BCUT2D eigenvalue weighted by atomic mass is 10.0. The van der Waals surface area contributed by atoms with E-state index < -0.39 is 97.5 Å². The second kappa shape index (κ2) is 82.6. The van der Waals surface area contributed by atoms with Crippen LogP contribution in [-0.2, 0) is 65.4 Å². The first-order chi connectivity index (χ1) is 53.0. The maximum Gasteiger partial charge on any atom is 0.472 e. The van der Waals surface area contributed by atoms with E-state index >= 15 is 0 Å². The molecule has 0 aromatic carbocycles. The van der Waals surface area contributed by atoms with Crippen molar-refractivity contribution in [1.82, 2.24) is 0 Å². The summed E-state index contributed by atoms with van der Waals surface area (Å²) in [4.78, 5) is 73.4. The van der Waals surface area contributed by atoms with E-state index in [-0.39, 0.29) is 25.7 Å². The monoisotopic (exact) mass is 1590 g/mol. The molecule has 0 aliphatic carbocycles. The van der Waals surface area contributed by atoms with Crippen molar-refractivity contribution in [3.05, 3.63) is 0 Å². The molecule has 0 radical (unpaired) electrons. The van der Waals surface area contributed by atoms with Crippen LogP contribution in [0.15, 0.2) is 0 Å². The summed E-state index contributed by atoms with van der Waals surface area (Å²) in [6, 6.07) is 0. The first-order valence-electron chi connectivity index (χ1n) is 46.6. The number of aliphatic hydroxyl groups is 1. The summed E-state index contributed by atoms with van der Waals surface area (Å²) in [5, 5.41) is 10.7. The van der Waals surface area contributed by atoms with Gasteiger partial charge in [0.25, 0.3) is 0 Å². The Morgan fingerprint density at radius 1 is 0.248 bits per heavy atom. The number of phosphoric ester groups is 2. The molecule has 0 aromatic rings. The minimum Gasteiger partial charge on any atom is -0.462 e. The van der Waals surface area contributed by atoms with Crippen molar-refractivity contribution >= 4 is 39.5 Å². The molecule has 17 nitrogen and oxygen atoms in total. The Kier molecular flexibility index (Phi) is 81.1. The van der Waals surface area contributed by atoms with Crippen LogP contribution < -0.4 is 0 Å². The van der Waals surface area contributed by atoms with Gasteiger partial charge in [-0.25, -0.2) is 9.13 Å². The first-order valence-corrected chi connectivity index (χ1v) is 49.6. The zero-order valence-electron chi connectivity index (χ0n) is 71.7. The molecule has 0 bridgehead atoms. The average Bonchev–Trinajstić information content (AvgIpc) is 0.900. The molecule has 0 spiro atoms. The van der Waals surface area contributed by atoms with E-state index in [0.29, 0.717) is 25.7 Å². The fourth-order valence-corrected chi connectivity index (χ4v) is 15.8. The molecule has 2 unspecified atom stereocenters. The molecule has 109 heavy (non-hydrogen) atoms. The minimum atomic E-state index is -4.97. The van der Waals surface area contributed by atoms with Crippen LogP contribution in [0.25, 0.3) is 0 Å². The standard InChI is InChI=1S/C90H176O17P2/c1-6-9-12-15-18-21-24-27-30-33-36-37-38-41-44-47-50-55-61-66-71-75-89(94)106-85(79-100-87(92)73-68-63-58-53-48-45-42-39-34-31-28-25-22-19-16-13-10-7-2)81-104-108(96,97)102-77-84(91)78-103-109(98,99)105-82-86(80-101-88(93)74-69-64-59-56-51-52-57-62-67-72-83(4)5)107-90(95)76-70-65-60-54-49-46-43-40-35-32-29-26-23-20-17-14-11-8-3/h83-86,91H,6-82H2,1-5H3,(H,96,97)(H,98,99)/t84-,85-,86-/m1/s1. The Morgan fingerprint density at radius 2 is 0.422 bits per heavy atom. The molecule has 0 aliphatic rings. The number of rotatable bonds is 90. The maximum absolute atomic E-state index is 13.2. The Balaban J connectivity index is 5.25. The predicted molar refractivity (Wildman–Crippen MR) is 451 cm³/mol. The van der Waals surface area contributed by atoms with E-state index in [4.69, 9.17) is 37.0 Å². The second-order valence-corrected chi connectivity index (χ2v) is 35.7. The quantitative estimate of drug-likeness (QED) is 0.0222. The van der Waals surface area contributed by atoms with Crippen molar-refractivity contribution in [3.8, 4) is 0 Å². The lowest BCUT2D eigenvalue weighted by molar-refractivity contribution is -0.161. The van der Waals surface area contributed by atoms with Gasteiger partial charge in [-0.2, -0.15) is 0 Å². The van der Waals surface area contributed by atoms with E-state index in [9.17, 15) is 43.2 Å². The molecule has 648 valence electrons. The number of carbonyl (C=O) groups is 4. The minimum absolute atomic E-state index is 0.109. The van der Waals surface area contributed by atoms with Crippen LogP contribution in [0.3, 0.4) is 0 Å². The van der Waals surface area contributed by atoms with Gasteiger partial charge in [-0.05, 0) is 31.6 Å². The zero-order chi connectivity index (χ0) is 79.7. The summed E-state index contributed by atoms with van der Waals surface area (Å²) in [6.45, 7) is 7.38. The van der Waals surface area contributed by atoms with Gasteiger partial charge in [0.15, 0.2) is 12.2 Å². The molecule has 0 saturated carbocycles. The van der Waals surface area contributed by atoms with Crippen molar-refractivity contribution in [1.29, 1.82) is 0 Å². The molecule has 0 aliphatic heterocycles. The lowest BCUT2D eigenvalue weighted by Gasteiger charge is -2.21. The van der Waals surface area contributed by atoms with E-state index in [1.54, 1.807) is 0 Å². The molecule has 19 heteroatoms. The van der Waals surface area contributed by atoms with Gasteiger partial charge < -0.3 is 33.8 Å². The van der Waals surface area contributed by atoms with E-state index in [1.165, 1.54) is 315 Å². The van der Waals surface area contributed by atoms with Crippen LogP contribution in [0.1, 0.15) is 490 Å². The number of ether oxygens (including phenoxy) is 4. The summed E-state index contributed by atoms with van der Waals surface area (Å²) in [7, 11) is -9.93. The number of unbranched alkanes of at least 4 members (excludes halogenated alkanes) is 62. The molecular formula is C90H176O17P2. The van der Waals surface area contributed by atoms with Crippen LogP contribution in [0.4, 0.5) is 0 Å². The summed E-state index contributed by atoms with van der Waals surface area (Å²) in [5.74, 6) is -1.35. The van der Waals surface area contributed by atoms with Crippen LogP contribution in [0.2, 0.25) is 0 Å². The van der Waals surface area contributed by atoms with Gasteiger partial charge in [-0.15, -0.1) is 0 Å². The number of hydrogen-bond donors (Lipinski definition) is 3. The first kappa shape index (κ1) is 107. The van der Waals surface area contributed by atoms with Crippen LogP contribution in [0.5, 0.6) is 0 Å². The highest BCUT2D eigenvalue weighted by molar-refractivity contribution is 7.47. The van der Waals surface area contributed by atoms with Gasteiger partial charge in [0.1, 0.15) is 19.3 Å². The fourth-order valence-electron chi connectivity index (χ4n) is 14.2. The molecule has 5 atom stereocenters. The van der Waals surface area contributed by atoms with Crippen molar-refractivity contribution in [3.63, 3.8) is 0 Å². The topological polar surface area (TPSA) is 237 Å². The Bertz CT molecular complexity index is 2070. The van der Waals surface area contributed by atoms with Crippen molar-refractivity contribution in [2.45, 2.75) is 509 Å². The molecule has 0 aromatic heterocycles. The van der Waals surface area contributed by atoms with Gasteiger partial charge in [-0.3, -0.25) is 37.3 Å². The molecule has 0 saturated heterocycles. The molecule has 0 amide bonds. The normalized spacial score (nSPS) is 13.7. The Labute approximate surface area is 670 Å². The highest BCUT2D eigenvalue weighted by atomic mass is 31.2. The molecule has 0 rings (SSSR count).